The number of amides is 2. The minimum Gasteiger partial charge on any atom is -0.353 e. The number of nitrogens with one attached hydrogen (secondary N) is 3. The molecule has 0 bridgehead atoms. The standard InChI is InChI=1S/C11H12FN3O2/c12-7-2-1-3-8(4-7)15-11(17)9-5-14-10(16)6-13-9/h1-4,9,13H,5-6H2,(H,14,16)(H,15,17). The summed E-state index contributed by atoms with van der Waals surface area (Å²) in [5.41, 5.74) is 0.397. The maximum Gasteiger partial charge on any atom is 0.243 e. The summed E-state index contributed by atoms with van der Waals surface area (Å²) in [6.45, 7) is 0.348. The van der Waals surface area contributed by atoms with Crippen LogP contribution in [-0.2, 0) is 9.59 Å². The smallest absolute Gasteiger partial charge is 0.243 e. The number of rotatable bonds is 2. The Kier molecular flexibility index (Phi) is 3.34. The Morgan fingerprint density at radius 2 is 2.29 bits per heavy atom. The number of hydrogen-bond donors (Lipinski definition) is 3. The number of piperazine rings is 1. The van der Waals surface area contributed by atoms with Crippen LogP contribution in [0.25, 0.3) is 0 Å². The van der Waals surface area contributed by atoms with E-state index >= 15 is 0 Å². The summed E-state index contributed by atoms with van der Waals surface area (Å²) in [7, 11) is 0. The molecule has 1 aromatic rings. The van der Waals surface area contributed by atoms with Crippen LogP contribution in [0.2, 0.25) is 0 Å². The van der Waals surface area contributed by atoms with Crippen LogP contribution in [0, 0.1) is 5.82 Å². The van der Waals surface area contributed by atoms with Crippen molar-refractivity contribution in [2.75, 3.05) is 18.4 Å². The van der Waals surface area contributed by atoms with E-state index < -0.39 is 11.9 Å². The zero-order chi connectivity index (χ0) is 12.3. The molecule has 1 atom stereocenters. The predicted octanol–water partition coefficient (Wildman–Crippen LogP) is -0.148. The molecule has 1 fully saturated rings. The van der Waals surface area contributed by atoms with E-state index in [1.165, 1.54) is 18.2 Å². The number of anilines is 1. The fourth-order valence-electron chi connectivity index (χ4n) is 1.55. The molecule has 0 saturated carbocycles. The first-order valence-corrected chi connectivity index (χ1v) is 5.21. The van der Waals surface area contributed by atoms with E-state index in [4.69, 9.17) is 0 Å². The summed E-state index contributed by atoms with van der Waals surface area (Å²) in [4.78, 5) is 22.6. The highest BCUT2D eigenvalue weighted by Crippen LogP contribution is 2.09. The minimum absolute atomic E-state index is 0.112. The number of benzene rings is 1. The molecule has 1 heterocycles. The van der Waals surface area contributed by atoms with Crippen LogP contribution in [0.1, 0.15) is 0 Å². The molecule has 1 aliphatic rings. The molecule has 90 valence electrons. The Bertz CT molecular complexity index is 440. The lowest BCUT2D eigenvalue weighted by molar-refractivity contribution is -0.124. The van der Waals surface area contributed by atoms with Gasteiger partial charge in [0.15, 0.2) is 0 Å². The molecule has 1 aromatic carbocycles. The van der Waals surface area contributed by atoms with E-state index in [1.54, 1.807) is 6.07 Å². The number of carbonyl (C=O) groups is 2. The van der Waals surface area contributed by atoms with E-state index in [9.17, 15) is 14.0 Å². The average molecular weight is 237 g/mol. The lowest BCUT2D eigenvalue weighted by Gasteiger charge is -2.23. The quantitative estimate of drug-likeness (QED) is 0.670. The van der Waals surface area contributed by atoms with Crippen LogP contribution in [-0.4, -0.2) is 30.9 Å². The van der Waals surface area contributed by atoms with Gasteiger partial charge in [-0.05, 0) is 18.2 Å². The van der Waals surface area contributed by atoms with Crippen LogP contribution < -0.4 is 16.0 Å². The van der Waals surface area contributed by atoms with Gasteiger partial charge in [-0.2, -0.15) is 0 Å². The molecule has 5 nitrogen and oxygen atoms in total. The van der Waals surface area contributed by atoms with E-state index in [0.717, 1.165) is 0 Å². The fraction of sp³-hybridized carbons (Fsp3) is 0.273. The molecule has 3 N–H and O–H groups in total. The normalized spacial score (nSPS) is 19.6. The van der Waals surface area contributed by atoms with Crippen molar-refractivity contribution in [2.24, 2.45) is 0 Å². The predicted molar refractivity (Wildman–Crippen MR) is 59.8 cm³/mol. The second kappa shape index (κ2) is 4.92. The summed E-state index contributed by atoms with van der Waals surface area (Å²) >= 11 is 0. The van der Waals surface area contributed by atoms with Gasteiger partial charge in [-0.15, -0.1) is 0 Å². The molecule has 0 aromatic heterocycles. The average Bonchev–Trinajstić information content (AvgIpc) is 2.29. The zero-order valence-electron chi connectivity index (χ0n) is 9.00. The highest BCUT2D eigenvalue weighted by Gasteiger charge is 2.23. The molecule has 1 saturated heterocycles. The minimum atomic E-state index is -0.490. The Balaban J connectivity index is 1.95. The van der Waals surface area contributed by atoms with Crippen LogP contribution >= 0.6 is 0 Å². The summed E-state index contributed by atoms with van der Waals surface area (Å²) in [6.07, 6.45) is 0. The number of hydrogen-bond acceptors (Lipinski definition) is 3. The van der Waals surface area contributed by atoms with Gasteiger partial charge in [-0.3, -0.25) is 14.9 Å². The van der Waals surface area contributed by atoms with Crippen LogP contribution in [0.4, 0.5) is 10.1 Å². The van der Waals surface area contributed by atoms with Gasteiger partial charge in [0, 0.05) is 12.2 Å². The molecule has 2 rings (SSSR count). The first-order chi connectivity index (χ1) is 8.15. The monoisotopic (exact) mass is 237 g/mol. The van der Waals surface area contributed by atoms with Crippen molar-refractivity contribution in [3.05, 3.63) is 30.1 Å². The topological polar surface area (TPSA) is 70.2 Å². The van der Waals surface area contributed by atoms with Crippen molar-refractivity contribution in [3.63, 3.8) is 0 Å². The Hall–Kier alpha value is -1.95. The Labute approximate surface area is 97.4 Å². The van der Waals surface area contributed by atoms with E-state index in [0.29, 0.717) is 5.69 Å². The van der Waals surface area contributed by atoms with Crippen molar-refractivity contribution < 1.29 is 14.0 Å². The maximum atomic E-state index is 12.9. The fourth-order valence-corrected chi connectivity index (χ4v) is 1.55. The van der Waals surface area contributed by atoms with Gasteiger partial charge < -0.3 is 10.6 Å². The first-order valence-electron chi connectivity index (χ1n) is 5.21. The van der Waals surface area contributed by atoms with Gasteiger partial charge in [-0.25, -0.2) is 4.39 Å². The van der Waals surface area contributed by atoms with E-state index in [2.05, 4.69) is 16.0 Å². The Morgan fingerprint density at radius 3 is 2.94 bits per heavy atom. The highest BCUT2D eigenvalue weighted by atomic mass is 19.1. The third-order valence-corrected chi connectivity index (χ3v) is 2.42. The van der Waals surface area contributed by atoms with Gasteiger partial charge in [-0.1, -0.05) is 6.07 Å². The molecule has 17 heavy (non-hydrogen) atoms. The largest absolute Gasteiger partial charge is 0.353 e. The van der Waals surface area contributed by atoms with Gasteiger partial charge >= 0.3 is 0 Å². The molecule has 2 amide bonds. The lowest BCUT2D eigenvalue weighted by atomic mass is 10.2. The van der Waals surface area contributed by atoms with Crippen molar-refractivity contribution in [1.82, 2.24) is 10.6 Å². The Morgan fingerprint density at radius 1 is 1.47 bits per heavy atom. The molecular formula is C11H12FN3O2. The van der Waals surface area contributed by atoms with Crippen LogP contribution in [0.15, 0.2) is 24.3 Å². The molecule has 1 aliphatic heterocycles. The number of halogens is 1. The first kappa shape index (κ1) is 11.5. The second-order valence-electron chi connectivity index (χ2n) is 3.74. The highest BCUT2D eigenvalue weighted by molar-refractivity contribution is 5.96. The van der Waals surface area contributed by atoms with Crippen molar-refractivity contribution in [3.8, 4) is 0 Å². The van der Waals surface area contributed by atoms with Gasteiger partial charge in [0.2, 0.25) is 11.8 Å². The summed E-state index contributed by atoms with van der Waals surface area (Å²) < 4.78 is 12.9. The zero-order valence-corrected chi connectivity index (χ0v) is 9.00. The van der Waals surface area contributed by atoms with Gasteiger partial charge in [0.05, 0.1) is 6.54 Å². The molecule has 6 heteroatoms. The lowest BCUT2D eigenvalue weighted by Crippen LogP contribution is -2.56. The maximum absolute atomic E-state index is 12.9. The van der Waals surface area contributed by atoms with Gasteiger partial charge in [0.25, 0.3) is 0 Å². The van der Waals surface area contributed by atoms with E-state index in [1.807, 2.05) is 0 Å². The van der Waals surface area contributed by atoms with Crippen molar-refractivity contribution in [1.29, 1.82) is 0 Å². The summed E-state index contributed by atoms with van der Waals surface area (Å²) in [5, 5.41) is 7.93. The van der Waals surface area contributed by atoms with Crippen LogP contribution in [0.5, 0.6) is 0 Å². The second-order valence-corrected chi connectivity index (χ2v) is 3.74. The SMILES string of the molecule is O=C1CNC(C(=O)Nc2cccc(F)c2)CN1. The third kappa shape index (κ3) is 3.01. The van der Waals surface area contributed by atoms with Crippen molar-refractivity contribution in [2.45, 2.75) is 6.04 Å². The molecule has 1 unspecified atom stereocenters. The molecule has 0 radical (unpaired) electrons. The summed E-state index contributed by atoms with van der Waals surface area (Å²) in [6, 6.07) is 5.16. The van der Waals surface area contributed by atoms with Crippen molar-refractivity contribution >= 4 is 17.5 Å². The van der Waals surface area contributed by atoms with Gasteiger partial charge in [0.1, 0.15) is 11.9 Å². The molecule has 0 spiro atoms. The molecular weight excluding hydrogens is 225 g/mol. The summed E-state index contributed by atoms with van der Waals surface area (Å²) in [5.74, 6) is -0.844. The van der Waals surface area contributed by atoms with E-state index in [-0.39, 0.29) is 24.9 Å². The molecule has 0 aliphatic carbocycles. The number of carbonyl (C=O) groups excluding carboxylic acids is 2. The van der Waals surface area contributed by atoms with Crippen LogP contribution in [0.3, 0.4) is 0 Å². The third-order valence-electron chi connectivity index (χ3n) is 2.42.